The molecule has 6 nitrogen and oxygen atoms in total. The smallest absolute Gasteiger partial charge is 0.408 e. The highest BCUT2D eigenvalue weighted by Gasteiger charge is 2.21. The molecule has 1 aromatic rings. The lowest BCUT2D eigenvalue weighted by atomic mass is 10.2. The number of nitrogens with zero attached hydrogens (tertiary/aromatic N) is 1. The highest BCUT2D eigenvalue weighted by molar-refractivity contribution is 5.69. The Morgan fingerprint density at radius 3 is 2.82 bits per heavy atom. The number of ether oxygens (including phenoxy) is 1. The Morgan fingerprint density at radius 2 is 2.35 bits per heavy atom. The number of amides is 1. The highest BCUT2D eigenvalue weighted by Crippen LogP contribution is 2.13. The van der Waals surface area contributed by atoms with E-state index in [0.29, 0.717) is 5.82 Å². The lowest BCUT2D eigenvalue weighted by Gasteiger charge is -2.22. The van der Waals surface area contributed by atoms with Crippen molar-refractivity contribution in [3.05, 3.63) is 18.2 Å². The van der Waals surface area contributed by atoms with Gasteiger partial charge in [0.05, 0.1) is 6.04 Å². The maximum atomic E-state index is 11.5. The van der Waals surface area contributed by atoms with Crippen molar-refractivity contribution in [3.8, 4) is 0 Å². The van der Waals surface area contributed by atoms with Gasteiger partial charge in [0.1, 0.15) is 17.7 Å². The molecule has 0 saturated heterocycles. The number of rotatable bonds is 4. The van der Waals surface area contributed by atoms with Crippen LogP contribution in [0.5, 0.6) is 0 Å². The van der Waals surface area contributed by atoms with Gasteiger partial charge in [-0.2, -0.15) is 0 Å². The molecule has 0 unspecified atom stereocenters. The zero-order valence-electron chi connectivity index (χ0n) is 10.2. The third-order valence-electron chi connectivity index (χ3n) is 1.87. The number of aromatic nitrogens is 2. The van der Waals surface area contributed by atoms with Crippen molar-refractivity contribution in [2.75, 3.05) is 0 Å². The first-order chi connectivity index (χ1) is 7.92. The lowest BCUT2D eigenvalue weighted by molar-refractivity contribution is -0.108. The van der Waals surface area contributed by atoms with Gasteiger partial charge < -0.3 is 19.8 Å². The van der Waals surface area contributed by atoms with Crippen molar-refractivity contribution < 1.29 is 14.3 Å². The van der Waals surface area contributed by atoms with Crippen molar-refractivity contribution >= 4 is 12.4 Å². The van der Waals surface area contributed by atoms with Crippen LogP contribution < -0.4 is 5.32 Å². The molecular formula is C11H17N3O3. The van der Waals surface area contributed by atoms with Crippen LogP contribution in [0.4, 0.5) is 4.79 Å². The van der Waals surface area contributed by atoms with E-state index in [2.05, 4.69) is 15.3 Å². The molecule has 0 aliphatic heterocycles. The molecule has 0 radical (unpaired) electrons. The maximum absolute atomic E-state index is 11.5. The standard InChI is InChI=1S/C11H17N3O3/c1-11(2,3)17-10(16)14-8(4-7-15)9-12-5-6-13-9/h5-8H,4H2,1-3H3,(H,12,13)(H,14,16)/t8-/m1/s1. The van der Waals surface area contributed by atoms with Crippen LogP contribution in [0.25, 0.3) is 0 Å². The molecule has 1 heterocycles. The van der Waals surface area contributed by atoms with Crippen molar-refractivity contribution in [3.63, 3.8) is 0 Å². The molecule has 17 heavy (non-hydrogen) atoms. The molecule has 1 rings (SSSR count). The van der Waals surface area contributed by atoms with E-state index in [1.165, 1.54) is 0 Å². The Labute approximate surface area is 99.8 Å². The molecular weight excluding hydrogens is 222 g/mol. The molecule has 0 spiro atoms. The van der Waals surface area contributed by atoms with E-state index < -0.39 is 17.7 Å². The number of hydrogen-bond donors (Lipinski definition) is 2. The second-order valence-corrected chi connectivity index (χ2v) is 4.58. The number of H-pyrrole nitrogens is 1. The molecule has 0 saturated carbocycles. The summed E-state index contributed by atoms with van der Waals surface area (Å²) in [6.07, 6.45) is 3.49. The van der Waals surface area contributed by atoms with Crippen molar-refractivity contribution in [2.45, 2.75) is 38.8 Å². The van der Waals surface area contributed by atoms with Gasteiger partial charge in [-0.3, -0.25) is 0 Å². The van der Waals surface area contributed by atoms with Crippen LogP contribution in [0.15, 0.2) is 12.4 Å². The molecule has 6 heteroatoms. The van der Waals surface area contributed by atoms with Gasteiger partial charge in [-0.15, -0.1) is 0 Å². The summed E-state index contributed by atoms with van der Waals surface area (Å²) in [5.74, 6) is 0.531. The number of imidazole rings is 1. The van der Waals surface area contributed by atoms with Crippen LogP contribution in [-0.2, 0) is 9.53 Å². The number of alkyl carbamates (subject to hydrolysis) is 1. The average molecular weight is 239 g/mol. The number of carbonyl (C=O) groups is 2. The van der Waals surface area contributed by atoms with E-state index in [1.54, 1.807) is 33.2 Å². The fourth-order valence-electron chi connectivity index (χ4n) is 1.25. The van der Waals surface area contributed by atoms with Crippen LogP contribution in [0.1, 0.15) is 39.1 Å². The van der Waals surface area contributed by atoms with Gasteiger partial charge in [0.15, 0.2) is 0 Å². The molecule has 1 atom stereocenters. The summed E-state index contributed by atoms with van der Waals surface area (Å²) in [6, 6.07) is -0.489. The topological polar surface area (TPSA) is 84.1 Å². The first-order valence-electron chi connectivity index (χ1n) is 5.35. The summed E-state index contributed by atoms with van der Waals surface area (Å²) >= 11 is 0. The van der Waals surface area contributed by atoms with Crippen LogP contribution >= 0.6 is 0 Å². The van der Waals surface area contributed by atoms with Gasteiger partial charge in [0, 0.05) is 18.8 Å². The fourth-order valence-corrected chi connectivity index (χ4v) is 1.25. The molecule has 1 amide bonds. The third kappa shape index (κ3) is 4.67. The minimum absolute atomic E-state index is 0.146. The summed E-state index contributed by atoms with van der Waals surface area (Å²) in [7, 11) is 0. The lowest BCUT2D eigenvalue weighted by Crippen LogP contribution is -2.35. The number of hydrogen-bond acceptors (Lipinski definition) is 4. The summed E-state index contributed by atoms with van der Waals surface area (Å²) in [5, 5.41) is 2.59. The second kappa shape index (κ2) is 5.47. The van der Waals surface area contributed by atoms with E-state index in [0.717, 1.165) is 6.29 Å². The molecule has 0 fully saturated rings. The van der Waals surface area contributed by atoms with Crippen LogP contribution in [0.3, 0.4) is 0 Å². The molecule has 2 N–H and O–H groups in total. The summed E-state index contributed by atoms with van der Waals surface area (Å²) < 4.78 is 5.10. The Balaban J connectivity index is 2.62. The Kier molecular flexibility index (Phi) is 4.25. The van der Waals surface area contributed by atoms with Gasteiger partial charge in [-0.05, 0) is 20.8 Å². The Morgan fingerprint density at radius 1 is 1.65 bits per heavy atom. The number of aldehydes is 1. The maximum Gasteiger partial charge on any atom is 0.408 e. The predicted molar refractivity (Wildman–Crippen MR) is 61.4 cm³/mol. The van der Waals surface area contributed by atoms with E-state index in [1.807, 2.05) is 0 Å². The molecule has 0 aromatic carbocycles. The van der Waals surface area contributed by atoms with E-state index >= 15 is 0 Å². The minimum atomic E-state index is -0.570. The summed E-state index contributed by atoms with van der Waals surface area (Å²) in [6.45, 7) is 5.32. The third-order valence-corrected chi connectivity index (χ3v) is 1.87. The number of aromatic amines is 1. The second-order valence-electron chi connectivity index (χ2n) is 4.58. The number of carbonyl (C=O) groups excluding carboxylic acids is 2. The van der Waals surface area contributed by atoms with Crippen LogP contribution in [-0.4, -0.2) is 27.9 Å². The fraction of sp³-hybridized carbons (Fsp3) is 0.545. The normalized spacial score (nSPS) is 12.9. The SMILES string of the molecule is CC(C)(C)OC(=O)N[C@H](CC=O)c1ncc[nH]1. The van der Waals surface area contributed by atoms with E-state index in [9.17, 15) is 9.59 Å². The Bertz CT molecular complexity index is 368. The molecule has 0 aliphatic rings. The first kappa shape index (κ1) is 13.2. The van der Waals surface area contributed by atoms with Gasteiger partial charge in [0.2, 0.25) is 0 Å². The predicted octanol–water partition coefficient (Wildman–Crippen LogP) is 1.56. The zero-order valence-corrected chi connectivity index (χ0v) is 10.2. The molecule has 94 valence electrons. The van der Waals surface area contributed by atoms with Crippen molar-refractivity contribution in [1.29, 1.82) is 0 Å². The summed E-state index contributed by atoms with van der Waals surface area (Å²) in [4.78, 5) is 28.9. The summed E-state index contributed by atoms with van der Waals surface area (Å²) in [5.41, 5.74) is -0.570. The van der Waals surface area contributed by atoms with E-state index in [4.69, 9.17) is 4.74 Å². The largest absolute Gasteiger partial charge is 0.444 e. The van der Waals surface area contributed by atoms with Crippen molar-refractivity contribution in [2.24, 2.45) is 0 Å². The highest BCUT2D eigenvalue weighted by atomic mass is 16.6. The Hall–Kier alpha value is -1.85. The van der Waals surface area contributed by atoms with Crippen LogP contribution in [0.2, 0.25) is 0 Å². The molecule has 0 aliphatic carbocycles. The van der Waals surface area contributed by atoms with Gasteiger partial charge in [0.25, 0.3) is 0 Å². The van der Waals surface area contributed by atoms with Gasteiger partial charge in [-0.25, -0.2) is 9.78 Å². The minimum Gasteiger partial charge on any atom is -0.444 e. The van der Waals surface area contributed by atoms with Gasteiger partial charge >= 0.3 is 6.09 Å². The monoisotopic (exact) mass is 239 g/mol. The molecule has 1 aromatic heterocycles. The first-order valence-corrected chi connectivity index (χ1v) is 5.35. The van der Waals surface area contributed by atoms with Crippen molar-refractivity contribution in [1.82, 2.24) is 15.3 Å². The van der Waals surface area contributed by atoms with E-state index in [-0.39, 0.29) is 6.42 Å². The molecule has 0 bridgehead atoms. The zero-order chi connectivity index (χ0) is 12.9. The number of nitrogens with one attached hydrogen (secondary N) is 2. The average Bonchev–Trinajstić information content (AvgIpc) is 2.66. The van der Waals surface area contributed by atoms with Gasteiger partial charge in [-0.1, -0.05) is 0 Å². The quantitative estimate of drug-likeness (QED) is 0.781. The van der Waals surface area contributed by atoms with Crippen LogP contribution in [0, 0.1) is 0 Å².